The van der Waals surface area contributed by atoms with Gasteiger partial charge in [0.05, 0.1) is 5.70 Å². The third-order valence-electron chi connectivity index (χ3n) is 10.00. The Morgan fingerprint density at radius 3 is 2.76 bits per heavy atom. The Hall–Kier alpha value is -2.66. The number of carbonyl (C=O) groups is 1. The molecule has 2 saturated carbocycles. The lowest BCUT2D eigenvalue weighted by Gasteiger charge is -2.58. The van der Waals surface area contributed by atoms with Crippen LogP contribution in [0.5, 0.6) is 0 Å². The largest absolute Gasteiger partial charge is 0.462 e. The quantitative estimate of drug-likeness (QED) is 0.471. The zero-order valence-electron chi connectivity index (χ0n) is 20.4. The minimum atomic E-state index is -1.21. The molecule has 8 heteroatoms. The fourth-order valence-corrected chi connectivity index (χ4v) is 8.42. The van der Waals surface area contributed by atoms with Crippen molar-refractivity contribution in [1.29, 1.82) is 5.26 Å². The van der Waals surface area contributed by atoms with E-state index in [0.29, 0.717) is 23.3 Å². The smallest absolute Gasteiger partial charge is 0.315 e. The molecule has 34 heavy (non-hydrogen) atoms. The fraction of sp³-hybridized carbons (Fsp3) is 0.692. The number of methoxy groups -OCH3 is 1. The van der Waals surface area contributed by atoms with Gasteiger partial charge in [0.1, 0.15) is 17.7 Å². The molecular formula is C26H33N5O3. The van der Waals surface area contributed by atoms with Crippen LogP contribution in [-0.2, 0) is 14.3 Å². The number of nitrogens with zero attached hydrogens (tertiary/aromatic N) is 4. The molecule has 0 aromatic rings. The second-order valence-corrected chi connectivity index (χ2v) is 11.4. The summed E-state index contributed by atoms with van der Waals surface area (Å²) in [5.41, 5.74) is 7.58. The number of hydrazine groups is 1. The number of ether oxygens (including phenoxy) is 2. The third kappa shape index (κ3) is 2.65. The van der Waals surface area contributed by atoms with Crippen molar-refractivity contribution in [3.63, 3.8) is 0 Å². The number of fused-ring (bicyclic) bond motifs is 8. The summed E-state index contributed by atoms with van der Waals surface area (Å²) in [5.74, 6) is 0.310. The van der Waals surface area contributed by atoms with Gasteiger partial charge >= 0.3 is 11.8 Å². The topological polar surface area (TPSA) is 99.3 Å². The molecule has 0 aromatic heterocycles. The van der Waals surface area contributed by atoms with Gasteiger partial charge in [0.2, 0.25) is 0 Å². The summed E-state index contributed by atoms with van der Waals surface area (Å²) in [6.07, 6.45) is 11.7. The fourth-order valence-electron chi connectivity index (χ4n) is 8.42. The Morgan fingerprint density at radius 2 is 2.03 bits per heavy atom. The molecule has 7 atom stereocenters. The summed E-state index contributed by atoms with van der Waals surface area (Å²) in [6.45, 7) is 6.35. The Kier molecular flexibility index (Phi) is 4.61. The van der Waals surface area contributed by atoms with E-state index in [1.165, 1.54) is 23.8 Å². The van der Waals surface area contributed by atoms with Gasteiger partial charge in [0.25, 0.3) is 0 Å². The van der Waals surface area contributed by atoms with Gasteiger partial charge < -0.3 is 9.47 Å². The average molecular weight is 464 g/mol. The minimum Gasteiger partial charge on any atom is -0.462 e. The van der Waals surface area contributed by atoms with Crippen LogP contribution >= 0.6 is 0 Å². The van der Waals surface area contributed by atoms with Crippen LogP contribution in [0, 0.1) is 39.9 Å². The van der Waals surface area contributed by atoms with Crippen LogP contribution in [-0.4, -0.2) is 30.0 Å². The van der Waals surface area contributed by atoms with Crippen molar-refractivity contribution < 1.29 is 14.3 Å². The van der Waals surface area contributed by atoms with E-state index in [-0.39, 0.29) is 22.9 Å². The zero-order valence-corrected chi connectivity index (χ0v) is 20.4. The highest BCUT2D eigenvalue weighted by Crippen LogP contribution is 2.67. The molecule has 0 radical (unpaired) electrons. The van der Waals surface area contributed by atoms with E-state index in [9.17, 15) is 10.1 Å². The maximum atomic E-state index is 11.5. The van der Waals surface area contributed by atoms with Gasteiger partial charge in [-0.15, -0.1) is 5.11 Å². The SMILES string of the molecule is COC12N=NNN1C1=C(C=C2C#N)C[C@H]2[C@@H]3CC=C4C[C@@H](OC(C)=O)CC[C@]4(C)[C@H]3CC[C@]12C. The Labute approximate surface area is 200 Å². The van der Waals surface area contributed by atoms with Gasteiger partial charge in [-0.25, -0.2) is 5.01 Å². The molecule has 180 valence electrons. The minimum absolute atomic E-state index is 0.0214. The number of esters is 1. The van der Waals surface area contributed by atoms with E-state index in [0.717, 1.165) is 44.9 Å². The van der Waals surface area contributed by atoms with Crippen LogP contribution in [0.2, 0.25) is 0 Å². The van der Waals surface area contributed by atoms with Gasteiger partial charge in [-0.3, -0.25) is 4.79 Å². The van der Waals surface area contributed by atoms with E-state index >= 15 is 0 Å². The van der Waals surface area contributed by atoms with E-state index in [1.807, 2.05) is 11.1 Å². The second kappa shape index (κ2) is 7.17. The van der Waals surface area contributed by atoms with Crippen LogP contribution in [0.3, 0.4) is 0 Å². The summed E-state index contributed by atoms with van der Waals surface area (Å²) < 4.78 is 11.4. The number of rotatable bonds is 2. The van der Waals surface area contributed by atoms with Crippen molar-refractivity contribution >= 4 is 5.97 Å². The van der Waals surface area contributed by atoms with Crippen molar-refractivity contribution in [2.75, 3.05) is 7.11 Å². The van der Waals surface area contributed by atoms with Crippen LogP contribution in [0.15, 0.2) is 44.9 Å². The van der Waals surface area contributed by atoms with Crippen molar-refractivity contribution in [1.82, 2.24) is 10.5 Å². The number of hydrogen-bond acceptors (Lipinski definition) is 8. The van der Waals surface area contributed by atoms with Crippen molar-refractivity contribution in [3.05, 3.63) is 34.6 Å². The number of hydrogen-bond donors (Lipinski definition) is 1. The molecule has 0 amide bonds. The van der Waals surface area contributed by atoms with Crippen LogP contribution < -0.4 is 5.53 Å². The standard InChI is InChI=1S/C26H33N5O3/c1-15(32)34-19-7-9-24(2)17(13-19)5-6-20-21(24)8-10-25(3)22(20)12-16-11-18(14-27)26(33-4)28-29-30-31(26)23(16)25/h5,11,19-22H,6-10,12-13H2,1-4H3,(H,28,30)/t19-,20+,21-,22-,24-,25-,26?/m0/s1. The Balaban J connectivity index is 1.33. The summed E-state index contributed by atoms with van der Waals surface area (Å²) in [4.78, 5) is 11.5. The van der Waals surface area contributed by atoms with Crippen molar-refractivity contribution in [2.45, 2.75) is 77.7 Å². The highest BCUT2D eigenvalue weighted by atomic mass is 16.5. The first-order valence-corrected chi connectivity index (χ1v) is 12.5. The summed E-state index contributed by atoms with van der Waals surface area (Å²) in [5, 5.41) is 20.2. The number of nitrogens with one attached hydrogen (secondary N) is 1. The third-order valence-corrected chi connectivity index (χ3v) is 10.00. The van der Waals surface area contributed by atoms with Gasteiger partial charge in [-0.2, -0.15) is 10.8 Å². The molecule has 1 unspecified atom stereocenters. The first kappa shape index (κ1) is 21.8. The molecule has 4 aliphatic carbocycles. The molecule has 0 bridgehead atoms. The maximum Gasteiger partial charge on any atom is 0.315 e. The second-order valence-electron chi connectivity index (χ2n) is 11.4. The molecule has 8 nitrogen and oxygen atoms in total. The number of allylic oxidation sites excluding steroid dienone is 4. The van der Waals surface area contributed by atoms with E-state index in [4.69, 9.17) is 9.47 Å². The highest BCUT2D eigenvalue weighted by Gasteiger charge is 2.63. The van der Waals surface area contributed by atoms with E-state index in [2.05, 4.69) is 41.9 Å². The van der Waals surface area contributed by atoms with Gasteiger partial charge in [0.15, 0.2) is 0 Å². The van der Waals surface area contributed by atoms with Gasteiger partial charge in [0, 0.05) is 25.9 Å². The lowest BCUT2D eigenvalue weighted by molar-refractivity contribution is -0.148. The van der Waals surface area contributed by atoms with Gasteiger partial charge in [-0.1, -0.05) is 30.7 Å². The number of nitriles is 1. The zero-order chi connectivity index (χ0) is 23.9. The first-order chi connectivity index (χ1) is 16.3. The molecule has 2 aliphatic heterocycles. The van der Waals surface area contributed by atoms with Crippen LogP contribution in [0.4, 0.5) is 0 Å². The summed E-state index contributed by atoms with van der Waals surface area (Å²) in [6, 6.07) is 2.31. The van der Waals surface area contributed by atoms with Crippen LogP contribution in [0.1, 0.15) is 65.7 Å². The van der Waals surface area contributed by atoms with Crippen LogP contribution in [0.25, 0.3) is 0 Å². The molecule has 0 spiro atoms. The molecule has 0 aromatic carbocycles. The monoisotopic (exact) mass is 463 g/mol. The highest BCUT2D eigenvalue weighted by molar-refractivity contribution is 5.66. The van der Waals surface area contributed by atoms with Crippen molar-refractivity contribution in [3.8, 4) is 6.07 Å². The van der Waals surface area contributed by atoms with E-state index < -0.39 is 5.85 Å². The number of carbonyl (C=O) groups excluding carboxylic acids is 1. The van der Waals surface area contributed by atoms with E-state index in [1.54, 1.807) is 7.11 Å². The molecule has 1 N–H and O–H groups in total. The molecule has 2 heterocycles. The normalized spacial score (nSPS) is 43.9. The van der Waals surface area contributed by atoms with Crippen molar-refractivity contribution in [2.24, 2.45) is 38.9 Å². The Morgan fingerprint density at radius 1 is 1.24 bits per heavy atom. The maximum absolute atomic E-state index is 11.5. The predicted octanol–water partition coefficient (Wildman–Crippen LogP) is 4.70. The molecule has 2 fully saturated rings. The average Bonchev–Trinajstić information content (AvgIpc) is 3.37. The molecule has 6 rings (SSSR count). The Bertz CT molecular complexity index is 1120. The lowest BCUT2D eigenvalue weighted by Crippen LogP contribution is -2.56. The van der Waals surface area contributed by atoms with Gasteiger partial charge in [-0.05, 0) is 73.3 Å². The first-order valence-electron chi connectivity index (χ1n) is 12.5. The summed E-state index contributed by atoms with van der Waals surface area (Å²) >= 11 is 0. The molecule has 6 aliphatic rings. The lowest BCUT2D eigenvalue weighted by atomic mass is 9.47. The molecule has 0 saturated heterocycles. The predicted molar refractivity (Wildman–Crippen MR) is 123 cm³/mol. The molecular weight excluding hydrogens is 430 g/mol. The summed E-state index contributed by atoms with van der Waals surface area (Å²) in [7, 11) is 1.59.